The number of carbonyl (C=O) groups excluding carboxylic acids is 1. The average molecular weight is 448 g/mol. The maximum atomic E-state index is 13.6. The van der Waals surface area contributed by atoms with Crippen LogP contribution in [-0.2, 0) is 4.79 Å². The van der Waals surface area contributed by atoms with Crippen LogP contribution in [0.15, 0.2) is 83.9 Å². The number of Topliss-reactive ketones (excluding diaryl/α,β-unsaturated/α-hetero) is 1. The Kier molecular flexibility index (Phi) is 8.43. The van der Waals surface area contributed by atoms with Crippen molar-refractivity contribution >= 4 is 23.4 Å². The number of nitrogens with zero attached hydrogens (tertiary/aromatic N) is 1. The highest BCUT2D eigenvalue weighted by Gasteiger charge is 2.29. The molecule has 0 aromatic heterocycles. The summed E-state index contributed by atoms with van der Waals surface area (Å²) < 4.78 is 18.8. The van der Waals surface area contributed by atoms with E-state index in [2.05, 4.69) is 10.3 Å². The number of carbonyl (C=O) groups is 1. The number of ether oxygens (including phenoxy) is 1. The minimum Gasteiger partial charge on any atom is -0.497 e. The van der Waals surface area contributed by atoms with Crippen LogP contribution in [0.2, 0.25) is 0 Å². The van der Waals surface area contributed by atoms with Crippen molar-refractivity contribution in [3.63, 3.8) is 0 Å². The Balaban J connectivity index is 1.97. The molecular formula is C26H26FN3O3. The van der Waals surface area contributed by atoms with Gasteiger partial charge in [-0.1, -0.05) is 48.5 Å². The van der Waals surface area contributed by atoms with Crippen molar-refractivity contribution in [2.45, 2.75) is 12.0 Å². The highest BCUT2D eigenvalue weighted by atomic mass is 19.1. The lowest BCUT2D eigenvalue weighted by Gasteiger charge is -2.22. The first-order valence-electron chi connectivity index (χ1n) is 10.5. The molecule has 0 saturated carbocycles. The molecule has 7 heteroatoms. The zero-order valence-corrected chi connectivity index (χ0v) is 18.2. The van der Waals surface area contributed by atoms with Crippen molar-refractivity contribution in [2.75, 3.05) is 25.6 Å². The molecule has 0 spiro atoms. The fourth-order valence-electron chi connectivity index (χ4n) is 3.37. The Morgan fingerprint density at radius 2 is 1.82 bits per heavy atom. The third-order valence-electron chi connectivity index (χ3n) is 5.07. The van der Waals surface area contributed by atoms with Crippen LogP contribution in [0.25, 0.3) is 0 Å². The van der Waals surface area contributed by atoms with E-state index in [1.807, 2.05) is 30.3 Å². The predicted octanol–water partition coefficient (Wildman–Crippen LogP) is 4.42. The summed E-state index contributed by atoms with van der Waals surface area (Å²) in [6.07, 6.45) is 1.51. The molecule has 3 aromatic carbocycles. The number of hydrogen-bond acceptors (Lipinski definition) is 6. The van der Waals surface area contributed by atoms with Gasteiger partial charge in [0.05, 0.1) is 31.9 Å². The number of aliphatic hydroxyl groups is 1. The smallest absolute Gasteiger partial charge is 0.204 e. The van der Waals surface area contributed by atoms with Gasteiger partial charge in [0.15, 0.2) is 0 Å². The first-order chi connectivity index (χ1) is 16.0. The van der Waals surface area contributed by atoms with Crippen molar-refractivity contribution in [2.24, 2.45) is 4.99 Å². The van der Waals surface area contributed by atoms with Crippen LogP contribution in [0.5, 0.6) is 5.75 Å². The lowest BCUT2D eigenvalue weighted by Crippen LogP contribution is -2.32. The maximum absolute atomic E-state index is 13.6. The number of halogens is 1. The number of anilines is 1. The normalized spacial score (nSPS) is 12.8. The number of aliphatic hydroxyl groups excluding tert-OH is 1. The molecule has 0 fully saturated rings. The van der Waals surface area contributed by atoms with Crippen LogP contribution in [0.4, 0.5) is 10.1 Å². The lowest BCUT2D eigenvalue weighted by atomic mass is 9.88. The van der Waals surface area contributed by atoms with Gasteiger partial charge in [-0.3, -0.25) is 9.79 Å². The van der Waals surface area contributed by atoms with E-state index in [0.29, 0.717) is 17.0 Å². The minimum absolute atomic E-state index is 0.130. The van der Waals surface area contributed by atoms with Gasteiger partial charge >= 0.3 is 0 Å². The monoisotopic (exact) mass is 447 g/mol. The Hall–Kier alpha value is -3.84. The summed E-state index contributed by atoms with van der Waals surface area (Å²) in [5, 5.41) is 21.0. The second kappa shape index (κ2) is 11.7. The van der Waals surface area contributed by atoms with Gasteiger partial charge < -0.3 is 20.6 Å². The zero-order chi connectivity index (χ0) is 23.6. The number of hydrogen-bond donors (Lipinski definition) is 3. The molecule has 3 aromatic rings. The van der Waals surface area contributed by atoms with E-state index >= 15 is 0 Å². The Bertz CT molecular complexity index is 1100. The number of benzene rings is 3. The molecule has 3 rings (SSSR count). The van der Waals surface area contributed by atoms with Gasteiger partial charge in [-0.05, 0) is 35.4 Å². The van der Waals surface area contributed by atoms with E-state index in [1.165, 1.54) is 30.5 Å². The van der Waals surface area contributed by atoms with Crippen LogP contribution in [0.3, 0.4) is 0 Å². The van der Waals surface area contributed by atoms with Crippen molar-refractivity contribution in [1.29, 1.82) is 5.41 Å². The average Bonchev–Trinajstić information content (AvgIpc) is 2.86. The van der Waals surface area contributed by atoms with Gasteiger partial charge in [0.2, 0.25) is 5.78 Å². The summed E-state index contributed by atoms with van der Waals surface area (Å²) in [4.78, 5) is 17.8. The van der Waals surface area contributed by atoms with Crippen LogP contribution in [-0.4, -0.2) is 43.1 Å². The standard InChI is InChI=1S/C26H26FN3O3/c1-33-22-9-5-8-21(16-22)30-25(19-10-12-20(27)13-11-19)26(32)24(28)23(17-29-14-15-31)18-6-3-2-4-7-18/h2-13,16-17,23,25,28,30-31H,14-15H2,1H3. The molecule has 0 radical (unpaired) electrons. The van der Waals surface area contributed by atoms with E-state index in [4.69, 9.17) is 15.3 Å². The fourth-order valence-corrected chi connectivity index (χ4v) is 3.37. The number of ketones is 1. The van der Waals surface area contributed by atoms with E-state index < -0.39 is 23.6 Å². The number of rotatable bonds is 11. The Labute approximate surface area is 192 Å². The van der Waals surface area contributed by atoms with Gasteiger partial charge in [0.25, 0.3) is 0 Å². The summed E-state index contributed by atoms with van der Waals surface area (Å²) >= 11 is 0. The third-order valence-corrected chi connectivity index (χ3v) is 5.07. The van der Waals surface area contributed by atoms with Crippen LogP contribution in [0.1, 0.15) is 23.1 Å². The number of nitrogens with one attached hydrogen (secondary N) is 2. The van der Waals surface area contributed by atoms with Crippen molar-refractivity contribution in [3.8, 4) is 5.75 Å². The molecular weight excluding hydrogens is 421 g/mol. The van der Waals surface area contributed by atoms with Crippen molar-refractivity contribution in [1.82, 2.24) is 0 Å². The molecule has 2 unspecified atom stereocenters. The Morgan fingerprint density at radius 3 is 2.48 bits per heavy atom. The molecule has 2 atom stereocenters. The van der Waals surface area contributed by atoms with Gasteiger partial charge in [-0.2, -0.15) is 0 Å². The summed E-state index contributed by atoms with van der Waals surface area (Å²) in [5.41, 5.74) is 1.70. The van der Waals surface area contributed by atoms with Crippen LogP contribution >= 0.6 is 0 Å². The zero-order valence-electron chi connectivity index (χ0n) is 18.2. The Morgan fingerprint density at radius 1 is 1.09 bits per heavy atom. The summed E-state index contributed by atoms with van der Waals surface area (Å²) in [5.74, 6) is -0.979. The molecule has 0 aliphatic carbocycles. The number of aliphatic imine (C=N–C) groups is 1. The van der Waals surface area contributed by atoms with Crippen molar-refractivity contribution in [3.05, 3.63) is 95.8 Å². The second-order valence-corrected chi connectivity index (χ2v) is 7.31. The topological polar surface area (TPSA) is 94.8 Å². The van der Waals surface area contributed by atoms with Crippen molar-refractivity contribution < 1.29 is 19.0 Å². The minimum atomic E-state index is -0.928. The van der Waals surface area contributed by atoms with E-state index in [0.717, 1.165) is 5.56 Å². The highest BCUT2D eigenvalue weighted by Crippen LogP contribution is 2.27. The van der Waals surface area contributed by atoms with Gasteiger partial charge in [-0.15, -0.1) is 0 Å². The SMILES string of the molecule is COc1cccc(NC(C(=O)C(=N)C(C=NCCO)c2ccccc2)c2ccc(F)cc2)c1. The fraction of sp³-hybridized carbons (Fsp3) is 0.192. The largest absolute Gasteiger partial charge is 0.497 e. The first-order valence-corrected chi connectivity index (χ1v) is 10.5. The molecule has 0 aliphatic rings. The van der Waals surface area contributed by atoms with E-state index in [1.54, 1.807) is 31.4 Å². The van der Waals surface area contributed by atoms with Gasteiger partial charge in [0, 0.05) is 18.0 Å². The van der Waals surface area contributed by atoms with Crippen LogP contribution < -0.4 is 10.1 Å². The molecule has 6 nitrogen and oxygen atoms in total. The molecule has 0 amide bonds. The summed E-state index contributed by atoms with van der Waals surface area (Å²) in [6.45, 7) is 0.0448. The lowest BCUT2D eigenvalue weighted by molar-refractivity contribution is -0.113. The first kappa shape index (κ1) is 23.8. The summed E-state index contributed by atoms with van der Waals surface area (Å²) in [6, 6.07) is 20.9. The molecule has 3 N–H and O–H groups in total. The molecule has 33 heavy (non-hydrogen) atoms. The second-order valence-electron chi connectivity index (χ2n) is 7.31. The van der Waals surface area contributed by atoms with E-state index in [-0.39, 0.29) is 18.9 Å². The molecule has 0 heterocycles. The van der Waals surface area contributed by atoms with Gasteiger partial charge in [0.1, 0.15) is 17.6 Å². The van der Waals surface area contributed by atoms with E-state index in [9.17, 15) is 9.18 Å². The highest BCUT2D eigenvalue weighted by molar-refractivity contribution is 6.45. The molecule has 0 bridgehead atoms. The quantitative estimate of drug-likeness (QED) is 0.379. The van der Waals surface area contributed by atoms with Crippen LogP contribution in [0, 0.1) is 11.2 Å². The molecule has 0 aliphatic heterocycles. The number of methoxy groups -OCH3 is 1. The van der Waals surface area contributed by atoms with Gasteiger partial charge in [-0.25, -0.2) is 4.39 Å². The summed E-state index contributed by atoms with van der Waals surface area (Å²) in [7, 11) is 1.55. The molecule has 0 saturated heterocycles. The third kappa shape index (κ3) is 6.33. The predicted molar refractivity (Wildman–Crippen MR) is 128 cm³/mol. The molecule has 170 valence electrons. The maximum Gasteiger partial charge on any atom is 0.204 e.